The van der Waals surface area contributed by atoms with Crippen molar-refractivity contribution < 1.29 is 9.90 Å². The summed E-state index contributed by atoms with van der Waals surface area (Å²) in [6, 6.07) is 0.903. The van der Waals surface area contributed by atoms with E-state index in [-0.39, 0.29) is 4.77 Å². The van der Waals surface area contributed by atoms with Crippen LogP contribution in [0.4, 0.5) is 0 Å². The average molecular weight is 239 g/mol. The van der Waals surface area contributed by atoms with Crippen LogP contribution < -0.4 is 0 Å². The molecule has 2 aromatic rings. The summed E-state index contributed by atoms with van der Waals surface area (Å²) in [4.78, 5) is 10.9. The van der Waals surface area contributed by atoms with E-state index < -0.39 is 12.0 Å². The zero-order valence-corrected chi connectivity index (χ0v) is 9.15. The lowest BCUT2D eigenvalue weighted by atomic mass is 10.3. The summed E-state index contributed by atoms with van der Waals surface area (Å²) in [6.45, 7) is 1.54. The molecule has 0 bridgehead atoms. The summed E-state index contributed by atoms with van der Waals surface area (Å²) in [5, 5.41) is 22.0. The molecule has 1 atom stereocenters. The van der Waals surface area contributed by atoms with E-state index >= 15 is 0 Å². The number of rotatable bonds is 3. The summed E-state index contributed by atoms with van der Waals surface area (Å²) in [5.41, 5.74) is 0.612. The Morgan fingerprint density at radius 3 is 2.94 bits per heavy atom. The van der Waals surface area contributed by atoms with Crippen LogP contribution in [0.15, 0.2) is 12.3 Å². The van der Waals surface area contributed by atoms with E-state index in [2.05, 4.69) is 20.4 Å². The van der Waals surface area contributed by atoms with Crippen molar-refractivity contribution in [2.24, 2.45) is 0 Å². The molecule has 0 amide bonds. The molecule has 0 fully saturated rings. The average Bonchev–Trinajstić information content (AvgIpc) is 2.84. The van der Waals surface area contributed by atoms with Crippen LogP contribution >= 0.6 is 12.2 Å². The molecule has 2 heterocycles. The number of hydrogen-bond acceptors (Lipinski definition) is 4. The highest BCUT2D eigenvalue weighted by Crippen LogP contribution is 2.18. The van der Waals surface area contributed by atoms with Gasteiger partial charge in [-0.2, -0.15) is 10.2 Å². The smallest absolute Gasteiger partial charge is 0.326 e. The van der Waals surface area contributed by atoms with Crippen LogP contribution in [-0.4, -0.2) is 36.0 Å². The first-order chi connectivity index (χ1) is 7.61. The number of nitrogens with zero attached hydrogens (tertiary/aromatic N) is 3. The summed E-state index contributed by atoms with van der Waals surface area (Å²) >= 11 is 4.99. The van der Waals surface area contributed by atoms with Crippen molar-refractivity contribution in [3.63, 3.8) is 0 Å². The Labute approximate surface area is 95.1 Å². The minimum Gasteiger partial charge on any atom is -0.480 e. The van der Waals surface area contributed by atoms with Gasteiger partial charge in [0, 0.05) is 6.20 Å². The molecule has 0 unspecified atom stereocenters. The number of aromatic amines is 2. The zero-order valence-electron chi connectivity index (χ0n) is 8.34. The number of carboxylic acids is 1. The van der Waals surface area contributed by atoms with Crippen molar-refractivity contribution in [1.29, 1.82) is 0 Å². The van der Waals surface area contributed by atoms with Gasteiger partial charge in [-0.05, 0) is 25.2 Å². The lowest BCUT2D eigenvalue weighted by molar-refractivity contribution is -0.140. The molecule has 7 nitrogen and oxygen atoms in total. The van der Waals surface area contributed by atoms with Crippen molar-refractivity contribution in [2.75, 3.05) is 0 Å². The van der Waals surface area contributed by atoms with Crippen LogP contribution in [0.3, 0.4) is 0 Å². The second-order valence-corrected chi connectivity index (χ2v) is 3.59. The van der Waals surface area contributed by atoms with Gasteiger partial charge in [-0.3, -0.25) is 14.8 Å². The highest BCUT2D eigenvalue weighted by molar-refractivity contribution is 7.71. The Hall–Kier alpha value is -1.96. The van der Waals surface area contributed by atoms with Crippen molar-refractivity contribution in [1.82, 2.24) is 25.0 Å². The van der Waals surface area contributed by atoms with Gasteiger partial charge in [0.25, 0.3) is 0 Å². The number of carboxylic acid groups (broad SMARTS) is 1. The van der Waals surface area contributed by atoms with Gasteiger partial charge in [0.05, 0.1) is 0 Å². The Kier molecular flexibility index (Phi) is 2.57. The van der Waals surface area contributed by atoms with E-state index in [0.717, 1.165) is 0 Å². The minimum atomic E-state index is -0.974. The maximum Gasteiger partial charge on any atom is 0.326 e. The molecule has 2 rings (SSSR count). The minimum absolute atomic E-state index is 0.263. The third-order valence-electron chi connectivity index (χ3n) is 2.19. The van der Waals surface area contributed by atoms with Gasteiger partial charge in [0.15, 0.2) is 10.6 Å². The van der Waals surface area contributed by atoms with E-state index in [4.69, 9.17) is 17.3 Å². The largest absolute Gasteiger partial charge is 0.480 e. The molecule has 0 aliphatic heterocycles. The topological polar surface area (TPSA) is 99.6 Å². The fraction of sp³-hybridized carbons (Fsp3) is 0.250. The van der Waals surface area contributed by atoms with Crippen LogP contribution in [0.1, 0.15) is 13.0 Å². The molecule has 0 radical (unpaired) electrons. The Morgan fingerprint density at radius 1 is 1.62 bits per heavy atom. The van der Waals surface area contributed by atoms with Crippen LogP contribution in [0.5, 0.6) is 0 Å². The molecule has 3 N–H and O–H groups in total. The standard InChI is InChI=1S/C8H9N5O2S/c1-4(7(14)15)13-6(11-12-8(13)16)5-2-3-9-10-5/h2-4H,1H3,(H,9,10)(H,12,16)(H,14,15)/t4-/m0/s1. The molecule has 8 heteroatoms. The first kappa shape index (κ1) is 10.6. The molecule has 2 aromatic heterocycles. The number of carbonyl (C=O) groups is 1. The quantitative estimate of drug-likeness (QED) is 0.693. The van der Waals surface area contributed by atoms with Crippen molar-refractivity contribution in [3.8, 4) is 11.5 Å². The Morgan fingerprint density at radius 2 is 2.38 bits per heavy atom. The molecule has 0 aromatic carbocycles. The van der Waals surface area contributed by atoms with E-state index in [0.29, 0.717) is 11.5 Å². The SMILES string of the molecule is C[C@@H](C(=O)O)n1c(-c2ccn[nH]2)n[nH]c1=S. The van der Waals surface area contributed by atoms with Crippen LogP contribution in [0, 0.1) is 4.77 Å². The molecule has 0 spiro atoms. The van der Waals surface area contributed by atoms with Crippen LogP contribution in [0.25, 0.3) is 11.5 Å². The number of aromatic nitrogens is 5. The Balaban J connectivity index is 2.57. The van der Waals surface area contributed by atoms with E-state index in [1.54, 1.807) is 12.3 Å². The summed E-state index contributed by atoms with van der Waals surface area (Å²) in [6.07, 6.45) is 1.56. The monoisotopic (exact) mass is 239 g/mol. The molecule has 16 heavy (non-hydrogen) atoms. The fourth-order valence-electron chi connectivity index (χ4n) is 1.34. The van der Waals surface area contributed by atoms with Gasteiger partial charge in [0.2, 0.25) is 0 Å². The number of aliphatic carboxylic acids is 1. The first-order valence-corrected chi connectivity index (χ1v) is 4.91. The first-order valence-electron chi connectivity index (χ1n) is 4.50. The number of H-pyrrole nitrogens is 2. The molecule has 0 aliphatic rings. The third-order valence-corrected chi connectivity index (χ3v) is 2.48. The van der Waals surface area contributed by atoms with Gasteiger partial charge in [-0.1, -0.05) is 0 Å². The van der Waals surface area contributed by atoms with E-state index in [1.807, 2.05) is 0 Å². The highest BCUT2D eigenvalue weighted by atomic mass is 32.1. The molecule has 0 aliphatic carbocycles. The zero-order chi connectivity index (χ0) is 11.7. The lowest BCUT2D eigenvalue weighted by Gasteiger charge is -2.09. The number of hydrogen-bond donors (Lipinski definition) is 3. The van der Waals surface area contributed by atoms with Crippen molar-refractivity contribution in [3.05, 3.63) is 17.0 Å². The summed E-state index contributed by atoms with van der Waals surface area (Å²) in [5.74, 6) is -0.546. The predicted octanol–water partition coefficient (Wildman–Crippen LogP) is 0.976. The molecular formula is C8H9N5O2S. The third kappa shape index (κ3) is 1.63. The van der Waals surface area contributed by atoms with Gasteiger partial charge >= 0.3 is 5.97 Å². The van der Waals surface area contributed by atoms with Gasteiger partial charge in [-0.25, -0.2) is 4.79 Å². The highest BCUT2D eigenvalue weighted by Gasteiger charge is 2.20. The van der Waals surface area contributed by atoms with Gasteiger partial charge in [-0.15, -0.1) is 0 Å². The van der Waals surface area contributed by atoms with Crippen LogP contribution in [0.2, 0.25) is 0 Å². The van der Waals surface area contributed by atoms with Crippen molar-refractivity contribution >= 4 is 18.2 Å². The Bertz CT molecular complexity index is 555. The predicted molar refractivity (Wildman–Crippen MR) is 57.3 cm³/mol. The fourth-order valence-corrected chi connectivity index (χ4v) is 1.64. The lowest BCUT2D eigenvalue weighted by Crippen LogP contribution is -2.16. The van der Waals surface area contributed by atoms with Gasteiger partial charge < -0.3 is 5.11 Å². The second-order valence-electron chi connectivity index (χ2n) is 3.21. The van der Waals surface area contributed by atoms with E-state index in [9.17, 15) is 4.79 Å². The summed E-state index contributed by atoms with van der Waals surface area (Å²) < 4.78 is 1.69. The molecule has 84 valence electrons. The number of nitrogens with one attached hydrogen (secondary N) is 2. The molecular weight excluding hydrogens is 230 g/mol. The summed E-state index contributed by atoms with van der Waals surface area (Å²) in [7, 11) is 0. The maximum absolute atomic E-state index is 10.9. The normalized spacial score (nSPS) is 12.6. The second kappa shape index (κ2) is 3.89. The molecule has 0 saturated carbocycles. The molecule has 0 saturated heterocycles. The van der Waals surface area contributed by atoms with Crippen molar-refractivity contribution in [2.45, 2.75) is 13.0 Å². The van der Waals surface area contributed by atoms with Crippen LogP contribution in [-0.2, 0) is 4.79 Å². The maximum atomic E-state index is 10.9. The van der Waals surface area contributed by atoms with Gasteiger partial charge in [0.1, 0.15) is 11.7 Å². The van der Waals surface area contributed by atoms with E-state index in [1.165, 1.54) is 11.5 Å².